The first kappa shape index (κ1) is 12.2. The number of aromatic nitrogens is 1. The molecule has 0 saturated heterocycles. The van der Waals surface area contributed by atoms with Gasteiger partial charge in [-0.25, -0.2) is 4.98 Å². The minimum absolute atomic E-state index is 0.555. The lowest BCUT2D eigenvalue weighted by atomic mass is 10.2. The SMILES string of the molecule is CCc1ccsc1CNc1ncc(N)cc1Cl. The van der Waals surface area contributed by atoms with E-state index in [1.54, 1.807) is 23.6 Å². The monoisotopic (exact) mass is 267 g/mol. The van der Waals surface area contributed by atoms with Gasteiger partial charge in [-0.1, -0.05) is 18.5 Å². The second kappa shape index (κ2) is 5.38. The van der Waals surface area contributed by atoms with Gasteiger partial charge >= 0.3 is 0 Å². The smallest absolute Gasteiger partial charge is 0.145 e. The lowest BCUT2D eigenvalue weighted by Crippen LogP contribution is -2.02. The van der Waals surface area contributed by atoms with E-state index in [0.717, 1.165) is 13.0 Å². The predicted octanol–water partition coefficient (Wildman–Crippen LogP) is 3.55. The van der Waals surface area contributed by atoms with E-state index in [1.165, 1.54) is 10.4 Å². The van der Waals surface area contributed by atoms with E-state index in [1.807, 2.05) is 0 Å². The highest BCUT2D eigenvalue weighted by atomic mass is 35.5. The summed E-state index contributed by atoms with van der Waals surface area (Å²) in [6, 6.07) is 3.85. The number of anilines is 2. The molecule has 0 aromatic carbocycles. The van der Waals surface area contributed by atoms with Crippen LogP contribution in [0.1, 0.15) is 17.4 Å². The first-order chi connectivity index (χ1) is 8.20. The Hall–Kier alpha value is -1.26. The van der Waals surface area contributed by atoms with Crippen LogP contribution in [0.3, 0.4) is 0 Å². The number of hydrogen-bond acceptors (Lipinski definition) is 4. The summed E-state index contributed by atoms with van der Waals surface area (Å²) in [7, 11) is 0. The largest absolute Gasteiger partial charge is 0.397 e. The summed E-state index contributed by atoms with van der Waals surface area (Å²) in [6.07, 6.45) is 2.65. The second-order valence-electron chi connectivity index (χ2n) is 3.68. The van der Waals surface area contributed by atoms with E-state index < -0.39 is 0 Å². The van der Waals surface area contributed by atoms with Gasteiger partial charge in [0.05, 0.1) is 23.5 Å². The van der Waals surface area contributed by atoms with Gasteiger partial charge in [-0.3, -0.25) is 0 Å². The summed E-state index contributed by atoms with van der Waals surface area (Å²) in [5.74, 6) is 0.677. The van der Waals surface area contributed by atoms with Crippen molar-refractivity contribution in [3.05, 3.63) is 39.2 Å². The Labute approximate surface area is 110 Å². The zero-order valence-corrected chi connectivity index (χ0v) is 11.1. The third kappa shape index (κ3) is 2.90. The van der Waals surface area contributed by atoms with E-state index in [4.69, 9.17) is 17.3 Å². The van der Waals surface area contributed by atoms with Crippen LogP contribution < -0.4 is 11.1 Å². The van der Waals surface area contributed by atoms with Crippen molar-refractivity contribution in [2.75, 3.05) is 11.1 Å². The Bertz CT molecular complexity index is 510. The third-order valence-corrected chi connectivity index (χ3v) is 3.75. The van der Waals surface area contributed by atoms with E-state index in [9.17, 15) is 0 Å². The Morgan fingerprint density at radius 1 is 1.53 bits per heavy atom. The van der Waals surface area contributed by atoms with Crippen molar-refractivity contribution in [2.45, 2.75) is 19.9 Å². The molecule has 0 amide bonds. The molecule has 3 N–H and O–H groups in total. The van der Waals surface area contributed by atoms with Gasteiger partial charge in [-0.2, -0.15) is 0 Å². The number of halogens is 1. The number of pyridine rings is 1. The van der Waals surface area contributed by atoms with Gasteiger partial charge in [-0.15, -0.1) is 11.3 Å². The lowest BCUT2D eigenvalue weighted by Gasteiger charge is -2.07. The van der Waals surface area contributed by atoms with Crippen molar-refractivity contribution in [3.8, 4) is 0 Å². The highest BCUT2D eigenvalue weighted by molar-refractivity contribution is 7.10. The van der Waals surface area contributed by atoms with E-state index in [-0.39, 0.29) is 0 Å². The number of hydrogen-bond donors (Lipinski definition) is 2. The molecule has 2 heterocycles. The van der Waals surface area contributed by atoms with Crippen LogP contribution in [0.4, 0.5) is 11.5 Å². The molecule has 2 aromatic heterocycles. The molecule has 0 saturated carbocycles. The van der Waals surface area contributed by atoms with E-state index in [0.29, 0.717) is 16.5 Å². The van der Waals surface area contributed by atoms with E-state index in [2.05, 4.69) is 28.7 Å². The van der Waals surface area contributed by atoms with Gasteiger partial charge < -0.3 is 11.1 Å². The Balaban J connectivity index is 2.07. The average molecular weight is 268 g/mol. The van der Waals surface area contributed by atoms with Crippen LogP contribution in [0.5, 0.6) is 0 Å². The summed E-state index contributed by atoms with van der Waals surface area (Å²) in [4.78, 5) is 5.49. The molecule has 2 aromatic rings. The van der Waals surface area contributed by atoms with Crippen LogP contribution in [0.2, 0.25) is 5.02 Å². The van der Waals surface area contributed by atoms with Crippen molar-refractivity contribution in [3.63, 3.8) is 0 Å². The minimum Gasteiger partial charge on any atom is -0.397 e. The van der Waals surface area contributed by atoms with Crippen molar-refractivity contribution in [1.82, 2.24) is 4.98 Å². The van der Waals surface area contributed by atoms with Crippen molar-refractivity contribution in [2.24, 2.45) is 0 Å². The summed E-state index contributed by atoms with van der Waals surface area (Å²) >= 11 is 7.79. The van der Waals surface area contributed by atoms with Crippen LogP contribution in [0.25, 0.3) is 0 Å². The van der Waals surface area contributed by atoms with Crippen molar-refractivity contribution < 1.29 is 0 Å². The Morgan fingerprint density at radius 3 is 3.06 bits per heavy atom. The minimum atomic E-state index is 0.555. The van der Waals surface area contributed by atoms with Gasteiger partial charge in [0.2, 0.25) is 0 Å². The maximum absolute atomic E-state index is 6.04. The van der Waals surface area contributed by atoms with Gasteiger partial charge in [0.1, 0.15) is 5.82 Å². The highest BCUT2D eigenvalue weighted by Gasteiger charge is 2.05. The molecule has 0 unspecified atom stereocenters. The molecule has 0 atom stereocenters. The zero-order chi connectivity index (χ0) is 12.3. The van der Waals surface area contributed by atoms with Gasteiger partial charge in [0.25, 0.3) is 0 Å². The summed E-state index contributed by atoms with van der Waals surface area (Å²) in [6.45, 7) is 2.90. The zero-order valence-electron chi connectivity index (χ0n) is 9.53. The number of nitrogens with two attached hydrogens (primary N) is 1. The van der Waals surface area contributed by atoms with Gasteiger partial charge in [-0.05, 0) is 29.5 Å². The van der Waals surface area contributed by atoms with Crippen LogP contribution in [-0.2, 0) is 13.0 Å². The molecule has 0 aliphatic heterocycles. The second-order valence-corrected chi connectivity index (χ2v) is 5.08. The van der Waals surface area contributed by atoms with Crippen LogP contribution in [0.15, 0.2) is 23.7 Å². The first-order valence-corrected chi connectivity index (χ1v) is 6.66. The number of rotatable bonds is 4. The van der Waals surface area contributed by atoms with Crippen LogP contribution in [-0.4, -0.2) is 4.98 Å². The quantitative estimate of drug-likeness (QED) is 0.891. The highest BCUT2D eigenvalue weighted by Crippen LogP contribution is 2.23. The molecular formula is C12H14ClN3S. The first-order valence-electron chi connectivity index (χ1n) is 5.41. The Kier molecular flexibility index (Phi) is 3.86. The molecule has 3 nitrogen and oxygen atoms in total. The molecule has 17 heavy (non-hydrogen) atoms. The average Bonchev–Trinajstić information content (AvgIpc) is 2.75. The maximum Gasteiger partial charge on any atom is 0.145 e. The Morgan fingerprint density at radius 2 is 2.35 bits per heavy atom. The summed E-state index contributed by atoms with van der Waals surface area (Å²) in [5.41, 5.74) is 7.54. The number of aryl methyl sites for hydroxylation is 1. The van der Waals surface area contributed by atoms with Crippen LogP contribution >= 0.6 is 22.9 Å². The number of nitrogens with zero attached hydrogens (tertiary/aromatic N) is 1. The van der Waals surface area contributed by atoms with Crippen LogP contribution in [0, 0.1) is 0 Å². The maximum atomic E-state index is 6.04. The molecule has 5 heteroatoms. The van der Waals surface area contributed by atoms with Gasteiger partial charge in [0.15, 0.2) is 0 Å². The standard InChI is InChI=1S/C12H14ClN3S/c1-2-8-3-4-17-11(8)7-16-12-10(13)5-9(14)6-15-12/h3-6H,2,7,14H2,1H3,(H,15,16). The number of thiophene rings is 1. The fourth-order valence-electron chi connectivity index (χ4n) is 1.58. The van der Waals surface area contributed by atoms with Crippen molar-refractivity contribution >= 4 is 34.4 Å². The molecule has 0 radical (unpaired) electrons. The molecule has 0 spiro atoms. The van der Waals surface area contributed by atoms with Gasteiger partial charge in [0, 0.05) is 4.88 Å². The lowest BCUT2D eigenvalue weighted by molar-refractivity contribution is 1.07. The van der Waals surface area contributed by atoms with Crippen molar-refractivity contribution in [1.29, 1.82) is 0 Å². The molecular weight excluding hydrogens is 254 g/mol. The molecule has 0 aliphatic carbocycles. The number of nitrogen functional groups attached to an aromatic ring is 1. The predicted molar refractivity (Wildman–Crippen MR) is 74.7 cm³/mol. The topological polar surface area (TPSA) is 50.9 Å². The molecule has 0 bridgehead atoms. The summed E-state index contributed by atoms with van der Waals surface area (Å²) < 4.78 is 0. The molecule has 0 aliphatic rings. The molecule has 0 fully saturated rings. The fourth-order valence-corrected chi connectivity index (χ4v) is 2.74. The molecule has 2 rings (SSSR count). The normalized spacial score (nSPS) is 10.5. The molecule has 90 valence electrons. The number of nitrogens with one attached hydrogen (secondary N) is 1. The fraction of sp³-hybridized carbons (Fsp3) is 0.250. The van der Waals surface area contributed by atoms with E-state index >= 15 is 0 Å². The third-order valence-electron chi connectivity index (χ3n) is 2.50. The summed E-state index contributed by atoms with van der Waals surface area (Å²) in [5, 5.41) is 5.89.